The fraction of sp³-hybridized carbons (Fsp3) is 0.316. The smallest absolute Gasteiger partial charge is 0.251 e. The molecule has 2 rings (SSSR count). The van der Waals surface area contributed by atoms with E-state index in [0.29, 0.717) is 18.7 Å². The lowest BCUT2D eigenvalue weighted by atomic mass is 10.1. The molecule has 0 radical (unpaired) electrons. The number of nitrogens with one attached hydrogen (secondary N) is 1. The highest BCUT2D eigenvalue weighted by Gasteiger charge is 2.16. The van der Waals surface area contributed by atoms with Gasteiger partial charge in [0, 0.05) is 19.2 Å². The maximum atomic E-state index is 13.4. The molecule has 2 aromatic carbocycles. The average Bonchev–Trinajstić information content (AvgIpc) is 2.55. The van der Waals surface area contributed by atoms with E-state index in [2.05, 4.69) is 5.32 Å². The topological polar surface area (TPSA) is 41.6 Å². The third kappa shape index (κ3) is 4.88. The minimum atomic E-state index is -0.278. The number of likely N-dealkylation sites (N-methyl/N-ethyl adjacent to an activating group) is 1. The zero-order chi connectivity index (χ0) is 17.5. The molecule has 0 saturated heterocycles. The Hall–Kier alpha value is -2.24. The minimum Gasteiger partial charge on any atom is -0.380 e. The molecule has 128 valence electrons. The first-order chi connectivity index (χ1) is 11.5. The van der Waals surface area contributed by atoms with E-state index in [0.717, 1.165) is 11.1 Å². The summed E-state index contributed by atoms with van der Waals surface area (Å²) in [6.07, 6.45) is 0. The minimum absolute atomic E-state index is 0.0996. The van der Waals surface area contributed by atoms with Crippen molar-refractivity contribution < 1.29 is 13.9 Å². The van der Waals surface area contributed by atoms with Crippen molar-refractivity contribution in [2.75, 3.05) is 27.7 Å². The highest BCUT2D eigenvalue weighted by atomic mass is 19.1. The Morgan fingerprint density at radius 3 is 2.50 bits per heavy atom. The van der Waals surface area contributed by atoms with Gasteiger partial charge in [0.25, 0.3) is 5.91 Å². The van der Waals surface area contributed by atoms with Crippen molar-refractivity contribution in [3.05, 3.63) is 71.0 Å². The van der Waals surface area contributed by atoms with Gasteiger partial charge in [-0.05, 0) is 49.5 Å². The third-order valence-electron chi connectivity index (χ3n) is 3.84. The van der Waals surface area contributed by atoms with Gasteiger partial charge in [-0.25, -0.2) is 4.39 Å². The van der Waals surface area contributed by atoms with Crippen molar-refractivity contribution in [2.24, 2.45) is 0 Å². The Labute approximate surface area is 142 Å². The molecule has 4 nitrogen and oxygen atoms in total. The molecule has 0 aliphatic carbocycles. The number of carbonyl (C=O) groups excluding carboxylic acids is 1. The Bertz CT molecular complexity index is 671. The van der Waals surface area contributed by atoms with E-state index in [1.807, 2.05) is 37.2 Å². The standard InChI is InChI=1S/C19H23FN2O2/c1-22(2)18(16-5-4-6-17(20)11-16)12-21-19(23)15-9-7-14(8-10-15)13-24-3/h4-11,18H,12-13H2,1-3H3,(H,21,23)/t18-/m0/s1. The van der Waals surface area contributed by atoms with Gasteiger partial charge in [-0.3, -0.25) is 4.79 Å². The van der Waals surface area contributed by atoms with E-state index in [9.17, 15) is 9.18 Å². The third-order valence-corrected chi connectivity index (χ3v) is 3.84. The van der Waals surface area contributed by atoms with Gasteiger partial charge in [0.2, 0.25) is 0 Å². The molecule has 24 heavy (non-hydrogen) atoms. The molecule has 0 fully saturated rings. The molecule has 2 aromatic rings. The van der Waals surface area contributed by atoms with Crippen LogP contribution in [0, 0.1) is 5.82 Å². The second-order valence-electron chi connectivity index (χ2n) is 5.87. The molecule has 0 spiro atoms. The summed E-state index contributed by atoms with van der Waals surface area (Å²) in [4.78, 5) is 14.3. The van der Waals surface area contributed by atoms with Crippen LogP contribution in [-0.4, -0.2) is 38.6 Å². The molecule has 0 unspecified atom stereocenters. The van der Waals surface area contributed by atoms with Crippen LogP contribution in [0.4, 0.5) is 4.39 Å². The lowest BCUT2D eigenvalue weighted by Crippen LogP contribution is -2.34. The molecule has 0 aliphatic rings. The van der Waals surface area contributed by atoms with Crippen LogP contribution in [0.1, 0.15) is 27.5 Å². The van der Waals surface area contributed by atoms with E-state index >= 15 is 0 Å². The maximum Gasteiger partial charge on any atom is 0.251 e. The van der Waals surface area contributed by atoms with Gasteiger partial charge in [-0.1, -0.05) is 24.3 Å². The highest BCUT2D eigenvalue weighted by molar-refractivity contribution is 5.94. The van der Waals surface area contributed by atoms with E-state index in [4.69, 9.17) is 4.74 Å². The number of amides is 1. The quantitative estimate of drug-likeness (QED) is 0.848. The molecule has 1 amide bonds. The van der Waals surface area contributed by atoms with Gasteiger partial charge >= 0.3 is 0 Å². The van der Waals surface area contributed by atoms with Gasteiger partial charge in [0.05, 0.1) is 12.6 Å². The van der Waals surface area contributed by atoms with Crippen molar-refractivity contribution in [3.63, 3.8) is 0 Å². The van der Waals surface area contributed by atoms with Crippen molar-refractivity contribution in [2.45, 2.75) is 12.6 Å². The predicted octanol–water partition coefficient (Wildman–Crippen LogP) is 3.00. The summed E-state index contributed by atoms with van der Waals surface area (Å²) < 4.78 is 18.5. The molecule has 0 aliphatic heterocycles. The summed E-state index contributed by atoms with van der Waals surface area (Å²) in [5, 5.41) is 2.92. The van der Waals surface area contributed by atoms with E-state index in [1.165, 1.54) is 12.1 Å². The maximum absolute atomic E-state index is 13.4. The largest absolute Gasteiger partial charge is 0.380 e. The van der Waals surface area contributed by atoms with Crippen LogP contribution >= 0.6 is 0 Å². The second kappa shape index (κ2) is 8.57. The summed E-state index contributed by atoms with van der Waals surface area (Å²) in [5.74, 6) is -0.429. The van der Waals surface area contributed by atoms with Crippen LogP contribution in [0.5, 0.6) is 0 Å². The molecule has 5 heteroatoms. The van der Waals surface area contributed by atoms with Crippen LogP contribution in [-0.2, 0) is 11.3 Å². The molecular formula is C19H23FN2O2. The molecule has 1 atom stereocenters. The van der Waals surface area contributed by atoms with E-state index < -0.39 is 0 Å². The fourth-order valence-corrected chi connectivity index (χ4v) is 2.52. The summed E-state index contributed by atoms with van der Waals surface area (Å²) in [6.45, 7) is 0.916. The predicted molar refractivity (Wildman–Crippen MR) is 92.3 cm³/mol. The van der Waals surface area contributed by atoms with Crippen LogP contribution in [0.2, 0.25) is 0 Å². The van der Waals surface area contributed by atoms with Crippen LogP contribution in [0.25, 0.3) is 0 Å². The first-order valence-electron chi connectivity index (χ1n) is 7.79. The lowest BCUT2D eigenvalue weighted by molar-refractivity contribution is 0.0942. The fourth-order valence-electron chi connectivity index (χ4n) is 2.52. The summed E-state index contributed by atoms with van der Waals surface area (Å²) in [7, 11) is 5.44. The van der Waals surface area contributed by atoms with Crippen molar-refractivity contribution in [1.82, 2.24) is 10.2 Å². The first-order valence-corrected chi connectivity index (χ1v) is 7.79. The number of ether oxygens (including phenoxy) is 1. The number of carbonyl (C=O) groups is 1. The van der Waals surface area contributed by atoms with Crippen molar-refractivity contribution in [3.8, 4) is 0 Å². The van der Waals surface area contributed by atoms with Crippen LogP contribution in [0.15, 0.2) is 48.5 Å². The second-order valence-corrected chi connectivity index (χ2v) is 5.87. The number of rotatable bonds is 7. The van der Waals surface area contributed by atoms with Gasteiger partial charge < -0.3 is 15.0 Å². The number of halogens is 1. The number of hydrogen-bond acceptors (Lipinski definition) is 3. The van der Waals surface area contributed by atoms with Crippen LogP contribution < -0.4 is 5.32 Å². The number of benzene rings is 2. The Balaban J connectivity index is 2.02. The molecular weight excluding hydrogens is 307 g/mol. The Kier molecular flexibility index (Phi) is 6.46. The Morgan fingerprint density at radius 2 is 1.92 bits per heavy atom. The molecule has 1 N–H and O–H groups in total. The Morgan fingerprint density at radius 1 is 1.21 bits per heavy atom. The summed E-state index contributed by atoms with van der Waals surface area (Å²) in [5.41, 5.74) is 2.43. The van der Waals surface area contributed by atoms with E-state index in [-0.39, 0.29) is 17.8 Å². The highest BCUT2D eigenvalue weighted by Crippen LogP contribution is 2.18. The monoisotopic (exact) mass is 330 g/mol. The lowest BCUT2D eigenvalue weighted by Gasteiger charge is -2.25. The first kappa shape index (κ1) is 18.1. The van der Waals surface area contributed by atoms with Crippen LogP contribution in [0.3, 0.4) is 0 Å². The molecule has 0 saturated carbocycles. The van der Waals surface area contributed by atoms with Gasteiger partial charge in [-0.15, -0.1) is 0 Å². The van der Waals surface area contributed by atoms with Gasteiger partial charge in [-0.2, -0.15) is 0 Å². The molecule has 0 heterocycles. The zero-order valence-electron chi connectivity index (χ0n) is 14.3. The SMILES string of the molecule is COCc1ccc(C(=O)NC[C@@H](c2cccc(F)c2)N(C)C)cc1. The van der Waals surface area contributed by atoms with Crippen molar-refractivity contribution >= 4 is 5.91 Å². The average molecular weight is 330 g/mol. The molecule has 0 bridgehead atoms. The summed E-state index contributed by atoms with van der Waals surface area (Å²) >= 11 is 0. The zero-order valence-corrected chi connectivity index (χ0v) is 14.3. The van der Waals surface area contributed by atoms with Crippen molar-refractivity contribution in [1.29, 1.82) is 0 Å². The normalized spacial score (nSPS) is 12.2. The molecule has 0 aromatic heterocycles. The van der Waals surface area contributed by atoms with E-state index in [1.54, 1.807) is 25.3 Å². The number of hydrogen-bond donors (Lipinski definition) is 1. The van der Waals surface area contributed by atoms with Gasteiger partial charge in [0.1, 0.15) is 5.82 Å². The van der Waals surface area contributed by atoms with Gasteiger partial charge in [0.15, 0.2) is 0 Å². The number of nitrogens with zero attached hydrogens (tertiary/aromatic N) is 1. The summed E-state index contributed by atoms with van der Waals surface area (Å²) in [6, 6.07) is 13.6. The number of methoxy groups -OCH3 is 1.